The smallest absolute Gasteiger partial charge is 0.337 e. The minimum Gasteiger partial charge on any atom is -0.478 e. The van der Waals surface area contributed by atoms with Crippen molar-refractivity contribution in [2.45, 2.75) is 38.6 Å². The van der Waals surface area contributed by atoms with Gasteiger partial charge in [0, 0.05) is 28.5 Å². The van der Waals surface area contributed by atoms with Gasteiger partial charge >= 0.3 is 5.97 Å². The number of carboxylic acids is 1. The molecule has 0 aliphatic heterocycles. The summed E-state index contributed by atoms with van der Waals surface area (Å²) in [5.41, 5.74) is 3.20. The van der Waals surface area contributed by atoms with Crippen LogP contribution in [0.2, 0.25) is 10.0 Å². The zero-order valence-corrected chi connectivity index (χ0v) is 18.4. The highest BCUT2D eigenvalue weighted by molar-refractivity contribution is 6.31. The number of allylic oxidation sites excluding steroid dienone is 2. The number of nitrogens with zero attached hydrogens (tertiary/aromatic N) is 2. The lowest BCUT2D eigenvalue weighted by atomic mass is 9.97. The van der Waals surface area contributed by atoms with Crippen LogP contribution in [0, 0.1) is 0 Å². The molecule has 0 spiro atoms. The van der Waals surface area contributed by atoms with E-state index in [1.165, 1.54) is 10.5 Å². The molecule has 2 aromatic heterocycles. The monoisotopic (exact) mass is 457 g/mol. The number of pyridine rings is 1. The Balaban J connectivity index is 1.81. The van der Waals surface area contributed by atoms with Crippen molar-refractivity contribution in [1.82, 2.24) is 9.38 Å². The van der Waals surface area contributed by atoms with Crippen LogP contribution in [0.25, 0.3) is 11.2 Å². The second-order valence-electron chi connectivity index (χ2n) is 7.62. The number of aromatic carboxylic acids is 1. The maximum atomic E-state index is 12.8. The number of carbonyl (C=O) groups is 1. The van der Waals surface area contributed by atoms with E-state index in [2.05, 4.69) is 11.4 Å². The highest BCUT2D eigenvalue weighted by Crippen LogP contribution is 2.30. The van der Waals surface area contributed by atoms with E-state index in [0.29, 0.717) is 32.6 Å². The van der Waals surface area contributed by atoms with E-state index in [9.17, 15) is 14.7 Å². The molecule has 31 heavy (non-hydrogen) atoms. The number of fused-ring (bicyclic) bond motifs is 1. The quantitative estimate of drug-likeness (QED) is 0.503. The second kappa shape index (κ2) is 8.73. The number of nitrogens with one attached hydrogen (secondary N) is 1. The third-order valence-corrected chi connectivity index (χ3v) is 5.87. The Hall–Kier alpha value is -2.83. The Morgan fingerprint density at radius 2 is 2.00 bits per heavy atom. The first-order chi connectivity index (χ1) is 14.8. The molecule has 1 atom stereocenters. The SMILES string of the molecule is C[C@@H](Nc1ccc(Cl)cc1C(=O)O)c1cc(Cl)cn2c(=O)cc(C3=CCCCC3)nc12. The molecule has 2 heterocycles. The van der Waals surface area contributed by atoms with Crippen LogP contribution < -0.4 is 10.9 Å². The van der Waals surface area contributed by atoms with Crippen LogP contribution in [-0.2, 0) is 0 Å². The normalized spacial score (nSPS) is 14.9. The first-order valence-corrected chi connectivity index (χ1v) is 10.8. The highest BCUT2D eigenvalue weighted by Gasteiger charge is 2.19. The number of anilines is 1. The van der Waals surface area contributed by atoms with E-state index in [1.807, 2.05) is 6.92 Å². The van der Waals surface area contributed by atoms with E-state index < -0.39 is 5.97 Å². The molecule has 6 nitrogen and oxygen atoms in total. The third-order valence-electron chi connectivity index (χ3n) is 5.43. The summed E-state index contributed by atoms with van der Waals surface area (Å²) >= 11 is 12.3. The fourth-order valence-corrected chi connectivity index (χ4v) is 4.26. The highest BCUT2D eigenvalue weighted by atomic mass is 35.5. The Kier molecular flexibility index (Phi) is 6.03. The van der Waals surface area contributed by atoms with Crippen LogP contribution >= 0.6 is 23.2 Å². The van der Waals surface area contributed by atoms with E-state index in [1.54, 1.807) is 30.5 Å². The topological polar surface area (TPSA) is 83.7 Å². The lowest BCUT2D eigenvalue weighted by Gasteiger charge is -2.20. The molecule has 0 bridgehead atoms. The van der Waals surface area contributed by atoms with Crippen LogP contribution in [0.1, 0.15) is 60.3 Å². The standard InChI is InChI=1S/C23H21Cl2N3O3/c1-13(26-19-8-7-15(24)9-18(19)23(30)31)17-10-16(25)12-28-21(29)11-20(27-22(17)28)14-5-3-2-4-6-14/h5,7-13,26H,2-4,6H2,1H3,(H,30,31)/t13-/m1/s1. The second-order valence-corrected chi connectivity index (χ2v) is 8.50. The average molecular weight is 458 g/mol. The van der Waals surface area contributed by atoms with Gasteiger partial charge in [0.05, 0.1) is 22.3 Å². The minimum atomic E-state index is -1.09. The van der Waals surface area contributed by atoms with Crippen LogP contribution in [0.15, 0.2) is 47.4 Å². The zero-order chi connectivity index (χ0) is 22.1. The van der Waals surface area contributed by atoms with Crippen molar-refractivity contribution in [3.05, 3.63) is 79.8 Å². The first kappa shape index (κ1) is 21.4. The van der Waals surface area contributed by atoms with Crippen molar-refractivity contribution in [2.24, 2.45) is 0 Å². The molecule has 0 radical (unpaired) electrons. The summed E-state index contributed by atoms with van der Waals surface area (Å²) in [6.07, 6.45) is 7.79. The van der Waals surface area contributed by atoms with E-state index in [-0.39, 0.29) is 17.2 Å². The number of aromatic nitrogens is 2. The van der Waals surface area contributed by atoms with Crippen molar-refractivity contribution in [3.63, 3.8) is 0 Å². The first-order valence-electron chi connectivity index (χ1n) is 10.0. The molecule has 0 amide bonds. The van der Waals surface area contributed by atoms with Gasteiger partial charge in [-0.1, -0.05) is 29.3 Å². The largest absolute Gasteiger partial charge is 0.478 e. The fourth-order valence-electron chi connectivity index (χ4n) is 3.88. The van der Waals surface area contributed by atoms with Gasteiger partial charge in [-0.05, 0) is 62.4 Å². The predicted octanol–water partition coefficient (Wildman–Crippen LogP) is 5.83. The van der Waals surface area contributed by atoms with E-state index >= 15 is 0 Å². The van der Waals surface area contributed by atoms with Gasteiger partial charge in [0.25, 0.3) is 5.56 Å². The van der Waals surface area contributed by atoms with Crippen molar-refractivity contribution >= 4 is 46.1 Å². The molecule has 8 heteroatoms. The molecular formula is C23H21Cl2N3O3. The Morgan fingerprint density at radius 3 is 2.71 bits per heavy atom. The van der Waals surface area contributed by atoms with Crippen LogP contribution in [-0.4, -0.2) is 20.5 Å². The van der Waals surface area contributed by atoms with Gasteiger partial charge in [-0.25, -0.2) is 9.78 Å². The van der Waals surface area contributed by atoms with Gasteiger partial charge in [-0.3, -0.25) is 9.20 Å². The Morgan fingerprint density at radius 1 is 1.19 bits per heavy atom. The average Bonchev–Trinajstić information content (AvgIpc) is 2.75. The van der Waals surface area contributed by atoms with Gasteiger partial charge < -0.3 is 10.4 Å². The summed E-state index contributed by atoms with van der Waals surface area (Å²) < 4.78 is 1.43. The Bertz CT molecular complexity index is 1270. The summed E-state index contributed by atoms with van der Waals surface area (Å²) in [4.78, 5) is 29.3. The molecule has 160 valence electrons. The maximum absolute atomic E-state index is 12.8. The fraction of sp³-hybridized carbons (Fsp3) is 0.261. The number of rotatable bonds is 5. The van der Waals surface area contributed by atoms with Crippen LogP contribution in [0.4, 0.5) is 5.69 Å². The molecule has 0 unspecified atom stereocenters. The maximum Gasteiger partial charge on any atom is 0.337 e. The molecule has 2 N–H and O–H groups in total. The molecule has 1 aliphatic carbocycles. The lowest BCUT2D eigenvalue weighted by Crippen LogP contribution is -2.19. The number of halogens is 2. The molecule has 4 rings (SSSR count). The zero-order valence-electron chi connectivity index (χ0n) is 16.9. The predicted molar refractivity (Wildman–Crippen MR) is 123 cm³/mol. The van der Waals surface area contributed by atoms with Gasteiger partial charge in [0.1, 0.15) is 5.65 Å². The van der Waals surface area contributed by atoms with Gasteiger partial charge in [0.2, 0.25) is 0 Å². The molecule has 0 saturated heterocycles. The molecule has 0 fully saturated rings. The van der Waals surface area contributed by atoms with E-state index in [4.69, 9.17) is 28.2 Å². The van der Waals surface area contributed by atoms with Crippen molar-refractivity contribution < 1.29 is 9.90 Å². The summed E-state index contributed by atoms with van der Waals surface area (Å²) in [6, 6.07) is 7.55. The number of carboxylic acid groups (broad SMARTS) is 1. The van der Waals surface area contributed by atoms with Crippen LogP contribution in [0.3, 0.4) is 0 Å². The minimum absolute atomic E-state index is 0.0591. The molecule has 3 aromatic rings. The number of benzene rings is 1. The summed E-state index contributed by atoms with van der Waals surface area (Å²) in [6.45, 7) is 1.87. The number of hydrogen-bond acceptors (Lipinski definition) is 4. The third kappa shape index (κ3) is 4.45. The van der Waals surface area contributed by atoms with Crippen LogP contribution in [0.5, 0.6) is 0 Å². The number of hydrogen-bond donors (Lipinski definition) is 2. The summed E-state index contributed by atoms with van der Waals surface area (Å²) in [5, 5.41) is 13.5. The lowest BCUT2D eigenvalue weighted by molar-refractivity contribution is 0.0698. The molecule has 0 saturated carbocycles. The summed E-state index contributed by atoms with van der Waals surface area (Å²) in [5.74, 6) is -1.09. The van der Waals surface area contributed by atoms with Crippen molar-refractivity contribution in [3.8, 4) is 0 Å². The van der Waals surface area contributed by atoms with Gasteiger partial charge in [0.15, 0.2) is 0 Å². The van der Waals surface area contributed by atoms with Crippen molar-refractivity contribution in [2.75, 3.05) is 5.32 Å². The summed E-state index contributed by atoms with van der Waals surface area (Å²) in [7, 11) is 0. The molecule has 1 aromatic carbocycles. The van der Waals surface area contributed by atoms with Crippen molar-refractivity contribution in [1.29, 1.82) is 0 Å². The molecular weight excluding hydrogens is 437 g/mol. The molecule has 1 aliphatic rings. The van der Waals surface area contributed by atoms with Gasteiger partial charge in [-0.15, -0.1) is 0 Å². The van der Waals surface area contributed by atoms with E-state index in [0.717, 1.165) is 31.3 Å². The van der Waals surface area contributed by atoms with Gasteiger partial charge in [-0.2, -0.15) is 0 Å². The Labute approximate surface area is 189 Å².